The molecule has 0 aliphatic rings. The van der Waals surface area contributed by atoms with Crippen LogP contribution < -0.4 is 21.7 Å². The van der Waals surface area contributed by atoms with Crippen LogP contribution in [0.5, 0.6) is 0 Å². The Hall–Kier alpha value is -4.23. The highest BCUT2D eigenvalue weighted by atomic mass is 16.4. The molecule has 9 N–H and O–H groups in total. The smallest absolute Gasteiger partial charge is 0.328 e. The number of amides is 3. The van der Waals surface area contributed by atoms with Crippen LogP contribution in [0.1, 0.15) is 25.1 Å². The average molecular weight is 514 g/mol. The number of carbonyl (C=O) groups is 4. The molecule has 13 nitrogen and oxygen atoms in total. The molecule has 3 amide bonds. The molecule has 0 saturated carbocycles. The lowest BCUT2D eigenvalue weighted by molar-refractivity contribution is -0.145. The molecule has 3 aromatic rings. The van der Waals surface area contributed by atoms with E-state index in [-0.39, 0.29) is 12.8 Å². The molecule has 1 aromatic carbocycles. The highest BCUT2D eigenvalue weighted by Gasteiger charge is 2.31. The summed E-state index contributed by atoms with van der Waals surface area (Å²) < 4.78 is 0. The number of para-hydroxylation sites is 1. The molecule has 0 aliphatic heterocycles. The summed E-state index contributed by atoms with van der Waals surface area (Å²) >= 11 is 0. The lowest BCUT2D eigenvalue weighted by Gasteiger charge is -2.24. The van der Waals surface area contributed by atoms with E-state index in [0.717, 1.165) is 16.5 Å². The number of aromatic amines is 2. The summed E-state index contributed by atoms with van der Waals surface area (Å²) in [5.41, 5.74) is 8.36. The number of nitrogens with two attached hydrogens (primary N) is 1. The van der Waals surface area contributed by atoms with E-state index in [1.54, 1.807) is 6.20 Å². The van der Waals surface area contributed by atoms with Gasteiger partial charge in [-0.1, -0.05) is 18.2 Å². The van der Waals surface area contributed by atoms with E-state index in [0.29, 0.717) is 5.69 Å². The van der Waals surface area contributed by atoms with Crippen molar-refractivity contribution in [2.24, 2.45) is 5.73 Å². The third-order valence-electron chi connectivity index (χ3n) is 5.86. The molecule has 0 radical (unpaired) electrons. The van der Waals surface area contributed by atoms with Crippen LogP contribution in [0.2, 0.25) is 0 Å². The minimum absolute atomic E-state index is 0.0372. The lowest BCUT2D eigenvalue weighted by atomic mass is 10.0. The first-order chi connectivity index (χ1) is 17.6. The van der Waals surface area contributed by atoms with Gasteiger partial charge in [0.1, 0.15) is 12.1 Å². The summed E-state index contributed by atoms with van der Waals surface area (Å²) in [5.74, 6) is -3.50. The first-order valence-corrected chi connectivity index (χ1v) is 11.7. The second kappa shape index (κ2) is 12.1. The summed E-state index contributed by atoms with van der Waals surface area (Å²) in [6.45, 7) is 2.66. The maximum Gasteiger partial charge on any atom is 0.328 e. The van der Waals surface area contributed by atoms with E-state index in [4.69, 9.17) is 5.73 Å². The van der Waals surface area contributed by atoms with Gasteiger partial charge in [0.2, 0.25) is 17.7 Å². The number of hydrogen-bond acceptors (Lipinski definition) is 7. The Morgan fingerprint density at radius 1 is 1.00 bits per heavy atom. The Labute approximate surface area is 212 Å². The Bertz CT molecular complexity index is 1240. The maximum atomic E-state index is 12.8. The van der Waals surface area contributed by atoms with Crippen molar-refractivity contribution in [3.05, 3.63) is 54.2 Å². The van der Waals surface area contributed by atoms with Gasteiger partial charge in [0.05, 0.1) is 18.5 Å². The third kappa shape index (κ3) is 7.15. The SMILES string of the molecule is CC(NC(=O)C(N)Cc1c[nH]c2ccccc12)C(=O)NC(Cc1cnc[nH]1)C(=O)NC(C(=O)O)C(C)O. The van der Waals surface area contributed by atoms with Crippen molar-refractivity contribution < 1.29 is 29.4 Å². The van der Waals surface area contributed by atoms with E-state index < -0.39 is 54.0 Å². The topological polar surface area (TPSA) is 215 Å². The molecule has 2 heterocycles. The van der Waals surface area contributed by atoms with Crippen molar-refractivity contribution in [2.75, 3.05) is 0 Å². The van der Waals surface area contributed by atoms with Crippen LogP contribution in [0, 0.1) is 0 Å². The Kier molecular flexibility index (Phi) is 8.98. The molecule has 0 aliphatic carbocycles. The molecule has 0 bridgehead atoms. The number of imidazole rings is 1. The number of carboxylic acid groups (broad SMARTS) is 1. The van der Waals surface area contributed by atoms with E-state index in [2.05, 4.69) is 30.9 Å². The predicted octanol–water partition coefficient (Wildman–Crippen LogP) is -1.06. The molecule has 198 valence electrons. The van der Waals surface area contributed by atoms with Gasteiger partial charge in [-0.15, -0.1) is 0 Å². The molecule has 0 saturated heterocycles. The summed E-state index contributed by atoms with van der Waals surface area (Å²) in [7, 11) is 0. The van der Waals surface area contributed by atoms with E-state index in [9.17, 15) is 29.4 Å². The number of carboxylic acids is 1. The fourth-order valence-electron chi connectivity index (χ4n) is 3.78. The molecular formula is C24H31N7O6. The van der Waals surface area contributed by atoms with E-state index >= 15 is 0 Å². The quantitative estimate of drug-likeness (QED) is 0.149. The number of rotatable bonds is 12. The largest absolute Gasteiger partial charge is 0.480 e. The summed E-state index contributed by atoms with van der Waals surface area (Å²) in [6, 6.07) is 2.83. The van der Waals surface area contributed by atoms with Gasteiger partial charge in [-0.25, -0.2) is 9.78 Å². The first-order valence-electron chi connectivity index (χ1n) is 11.7. The van der Waals surface area contributed by atoms with Gasteiger partial charge in [-0.2, -0.15) is 0 Å². The summed E-state index contributed by atoms with van der Waals surface area (Å²) in [6.07, 6.45) is 3.45. The fourth-order valence-corrected chi connectivity index (χ4v) is 3.78. The highest BCUT2D eigenvalue weighted by molar-refractivity contribution is 5.94. The van der Waals surface area contributed by atoms with Crippen LogP contribution in [0.4, 0.5) is 0 Å². The fraction of sp³-hybridized carbons (Fsp3) is 0.375. The monoisotopic (exact) mass is 513 g/mol. The van der Waals surface area contributed by atoms with Crippen molar-refractivity contribution in [1.29, 1.82) is 0 Å². The number of aliphatic hydroxyl groups excluding tert-OH is 1. The third-order valence-corrected chi connectivity index (χ3v) is 5.86. The van der Waals surface area contributed by atoms with Crippen LogP contribution in [-0.2, 0) is 32.0 Å². The van der Waals surface area contributed by atoms with Gasteiger partial charge in [0.15, 0.2) is 6.04 Å². The van der Waals surface area contributed by atoms with Gasteiger partial charge in [0.25, 0.3) is 0 Å². The number of aliphatic hydroxyl groups is 1. The Morgan fingerprint density at radius 3 is 2.38 bits per heavy atom. The van der Waals surface area contributed by atoms with Crippen molar-refractivity contribution in [3.63, 3.8) is 0 Å². The summed E-state index contributed by atoms with van der Waals surface area (Å²) in [4.78, 5) is 59.5. The number of aliphatic carboxylic acids is 1. The van der Waals surface area contributed by atoms with Gasteiger partial charge in [-0.3, -0.25) is 14.4 Å². The second-order valence-electron chi connectivity index (χ2n) is 8.81. The van der Waals surface area contributed by atoms with Crippen LogP contribution in [0.25, 0.3) is 10.9 Å². The van der Waals surface area contributed by atoms with E-state index in [1.165, 1.54) is 26.4 Å². The van der Waals surface area contributed by atoms with Gasteiger partial charge in [0, 0.05) is 35.4 Å². The van der Waals surface area contributed by atoms with Gasteiger partial charge in [-0.05, 0) is 31.9 Å². The Balaban J connectivity index is 1.63. The van der Waals surface area contributed by atoms with Crippen molar-refractivity contribution in [2.45, 2.75) is 57.0 Å². The maximum absolute atomic E-state index is 12.8. The minimum atomic E-state index is -1.58. The number of H-pyrrole nitrogens is 2. The summed E-state index contributed by atoms with van der Waals surface area (Å²) in [5, 5.41) is 27.2. The molecule has 0 fully saturated rings. The number of nitrogens with one attached hydrogen (secondary N) is 5. The number of fused-ring (bicyclic) bond motifs is 1. The second-order valence-corrected chi connectivity index (χ2v) is 8.81. The number of hydrogen-bond donors (Lipinski definition) is 8. The van der Waals surface area contributed by atoms with Crippen LogP contribution in [0.15, 0.2) is 43.0 Å². The molecular weight excluding hydrogens is 482 g/mol. The molecule has 3 rings (SSSR count). The Morgan fingerprint density at radius 2 is 1.73 bits per heavy atom. The zero-order chi connectivity index (χ0) is 27.1. The van der Waals surface area contributed by atoms with E-state index in [1.807, 2.05) is 24.3 Å². The molecule has 13 heteroatoms. The lowest BCUT2D eigenvalue weighted by Crippen LogP contribution is -2.58. The van der Waals surface area contributed by atoms with Crippen molar-refractivity contribution >= 4 is 34.6 Å². The van der Waals surface area contributed by atoms with Crippen LogP contribution in [-0.4, -0.2) is 79.1 Å². The molecule has 37 heavy (non-hydrogen) atoms. The predicted molar refractivity (Wildman–Crippen MR) is 133 cm³/mol. The normalized spacial score (nSPS) is 15.2. The highest BCUT2D eigenvalue weighted by Crippen LogP contribution is 2.18. The van der Waals surface area contributed by atoms with Gasteiger partial charge >= 0.3 is 5.97 Å². The number of benzene rings is 1. The standard InChI is InChI=1S/C24H31N7O6/c1-12(29-22(34)17(25)7-14-9-27-18-6-4-3-5-16(14)18)21(33)30-19(8-15-10-26-11-28-15)23(35)31-20(13(2)32)24(36)37/h3-6,9-13,17,19-20,27,32H,7-8,25H2,1-2H3,(H,26,28)(H,29,34)(H,30,33)(H,31,35)(H,36,37). The zero-order valence-corrected chi connectivity index (χ0v) is 20.4. The first kappa shape index (κ1) is 27.4. The molecule has 0 spiro atoms. The average Bonchev–Trinajstić information content (AvgIpc) is 3.51. The van der Waals surface area contributed by atoms with Crippen LogP contribution in [0.3, 0.4) is 0 Å². The zero-order valence-electron chi connectivity index (χ0n) is 20.4. The number of nitrogens with zero attached hydrogens (tertiary/aromatic N) is 1. The molecule has 5 atom stereocenters. The van der Waals surface area contributed by atoms with Crippen molar-refractivity contribution in [3.8, 4) is 0 Å². The number of carbonyl (C=O) groups excluding carboxylic acids is 3. The molecule has 2 aromatic heterocycles. The van der Waals surface area contributed by atoms with Crippen LogP contribution >= 0.6 is 0 Å². The number of aromatic nitrogens is 3. The van der Waals surface area contributed by atoms with Gasteiger partial charge < -0.3 is 41.9 Å². The van der Waals surface area contributed by atoms with Crippen molar-refractivity contribution in [1.82, 2.24) is 30.9 Å². The molecule has 5 unspecified atom stereocenters. The minimum Gasteiger partial charge on any atom is -0.480 e.